The Balaban J connectivity index is 2.64. The predicted octanol–water partition coefficient (Wildman–Crippen LogP) is 2.90. The van der Waals surface area contributed by atoms with E-state index in [0.29, 0.717) is 0 Å². The number of halogens is 5. The van der Waals surface area contributed by atoms with Gasteiger partial charge in [-0.05, 0) is 13.0 Å². The summed E-state index contributed by atoms with van der Waals surface area (Å²) in [7, 11) is 1.05. The van der Waals surface area contributed by atoms with E-state index >= 15 is 0 Å². The predicted molar refractivity (Wildman–Crippen MR) is 73.3 cm³/mol. The number of benzene rings is 1. The molecule has 4 nitrogen and oxygen atoms in total. The molecule has 1 heterocycles. The van der Waals surface area contributed by atoms with E-state index in [-0.39, 0.29) is 5.56 Å². The zero-order valence-electron chi connectivity index (χ0n) is 13.1. The molecule has 0 radical (unpaired) electrons. The van der Waals surface area contributed by atoms with Gasteiger partial charge in [0, 0.05) is 17.4 Å². The molecule has 1 aromatic rings. The third-order valence-corrected chi connectivity index (χ3v) is 4.59. The van der Waals surface area contributed by atoms with Crippen LogP contribution in [0.2, 0.25) is 0 Å². The van der Waals surface area contributed by atoms with Gasteiger partial charge in [0.25, 0.3) is 0 Å². The first-order valence-corrected chi connectivity index (χ1v) is 7.01. The first-order valence-electron chi connectivity index (χ1n) is 7.01. The molecule has 0 bridgehead atoms. The largest absolute Gasteiger partial charge is 0.493 e. The summed E-state index contributed by atoms with van der Waals surface area (Å²) in [6.07, 6.45) is -6.45. The number of methoxy groups -OCH3 is 1. The van der Waals surface area contributed by atoms with Gasteiger partial charge in [0.2, 0.25) is 11.7 Å². The third-order valence-electron chi connectivity index (χ3n) is 4.59. The molecule has 1 aliphatic heterocycles. The summed E-state index contributed by atoms with van der Waals surface area (Å²) in [5.74, 6) is -6.84. The summed E-state index contributed by atoms with van der Waals surface area (Å²) in [5, 5.41) is 0. The molecule has 0 saturated carbocycles. The van der Waals surface area contributed by atoms with Gasteiger partial charge >= 0.3 is 6.18 Å². The van der Waals surface area contributed by atoms with Crippen LogP contribution in [0.3, 0.4) is 0 Å². The fraction of sp³-hybridized carbons (Fsp3) is 0.533. The van der Waals surface area contributed by atoms with Gasteiger partial charge in [-0.1, -0.05) is 13.0 Å². The molecule has 0 unspecified atom stereocenters. The van der Waals surface area contributed by atoms with E-state index in [4.69, 9.17) is 15.2 Å². The van der Waals surface area contributed by atoms with Crippen LogP contribution < -0.4 is 10.5 Å². The maximum atomic E-state index is 13.9. The molecular formula is C15H16F5NO3. The van der Waals surface area contributed by atoms with Crippen LogP contribution in [0.15, 0.2) is 12.1 Å². The van der Waals surface area contributed by atoms with Crippen LogP contribution in [0.5, 0.6) is 5.75 Å². The van der Waals surface area contributed by atoms with E-state index < -0.39 is 53.0 Å². The highest BCUT2D eigenvalue weighted by atomic mass is 19.4. The highest BCUT2D eigenvalue weighted by Gasteiger charge is 2.65. The van der Waals surface area contributed by atoms with Crippen molar-refractivity contribution in [1.82, 2.24) is 0 Å². The Kier molecular flexibility index (Phi) is 4.51. The molecule has 1 fully saturated rings. The number of ether oxygens (including phenoxy) is 2. The van der Waals surface area contributed by atoms with Crippen molar-refractivity contribution in [3.8, 4) is 5.75 Å². The Morgan fingerprint density at radius 1 is 1.33 bits per heavy atom. The monoisotopic (exact) mass is 353 g/mol. The number of alkyl halides is 3. The first-order chi connectivity index (χ1) is 11.0. The molecule has 1 aromatic carbocycles. The van der Waals surface area contributed by atoms with Gasteiger partial charge in [-0.15, -0.1) is 0 Å². The number of nitrogens with two attached hydrogens (primary N) is 1. The van der Waals surface area contributed by atoms with Gasteiger partial charge in [0.1, 0.15) is 6.10 Å². The summed E-state index contributed by atoms with van der Waals surface area (Å²) < 4.78 is 77.2. The quantitative estimate of drug-likeness (QED) is 0.850. The number of hydrogen-bond donors (Lipinski definition) is 1. The van der Waals surface area contributed by atoms with E-state index in [1.165, 1.54) is 6.92 Å². The SMILES string of the molecule is COc1c([C@H]2[C@H](C(N)=O)O[C@@](C)(C(F)(F)F)[C@H]2C)ccc(F)c1F. The molecule has 134 valence electrons. The molecule has 1 amide bonds. The lowest BCUT2D eigenvalue weighted by atomic mass is 9.77. The van der Waals surface area contributed by atoms with E-state index in [1.807, 2.05) is 0 Å². The maximum Gasteiger partial charge on any atom is 0.417 e. The Hall–Kier alpha value is -1.90. The zero-order valence-corrected chi connectivity index (χ0v) is 13.1. The molecule has 24 heavy (non-hydrogen) atoms. The molecule has 0 aliphatic carbocycles. The van der Waals surface area contributed by atoms with Crippen molar-refractivity contribution in [2.24, 2.45) is 11.7 Å². The number of hydrogen-bond acceptors (Lipinski definition) is 3. The van der Waals surface area contributed by atoms with Crippen molar-refractivity contribution in [1.29, 1.82) is 0 Å². The second-order valence-electron chi connectivity index (χ2n) is 5.84. The number of amides is 1. The summed E-state index contributed by atoms with van der Waals surface area (Å²) in [6.45, 7) is 2.00. The van der Waals surface area contributed by atoms with Crippen molar-refractivity contribution in [2.75, 3.05) is 7.11 Å². The van der Waals surface area contributed by atoms with Gasteiger partial charge in [-0.2, -0.15) is 17.6 Å². The minimum Gasteiger partial charge on any atom is -0.493 e. The fourth-order valence-electron chi connectivity index (χ4n) is 3.06. The molecule has 0 aromatic heterocycles. The summed E-state index contributed by atoms with van der Waals surface area (Å²) >= 11 is 0. The Morgan fingerprint density at radius 3 is 2.38 bits per heavy atom. The standard InChI is InChI=1S/C15H16F5NO3/c1-6-9(7-4-5-8(16)10(17)11(7)23-3)12(13(21)22)24-14(6,2)15(18,19)20/h4-6,9,12H,1-3H3,(H2,21,22)/t6-,9-,12+,14+/m0/s1. The summed E-state index contributed by atoms with van der Waals surface area (Å²) in [4.78, 5) is 11.6. The highest BCUT2D eigenvalue weighted by Crippen LogP contribution is 2.54. The Morgan fingerprint density at radius 2 is 1.92 bits per heavy atom. The van der Waals surface area contributed by atoms with Crippen LogP contribution in [-0.2, 0) is 9.53 Å². The van der Waals surface area contributed by atoms with Crippen LogP contribution in [0.25, 0.3) is 0 Å². The maximum absolute atomic E-state index is 13.9. The van der Waals surface area contributed by atoms with Crippen molar-refractivity contribution in [3.63, 3.8) is 0 Å². The molecule has 9 heteroatoms. The Labute approximate surface area is 134 Å². The van der Waals surface area contributed by atoms with Crippen molar-refractivity contribution in [3.05, 3.63) is 29.3 Å². The molecular weight excluding hydrogens is 337 g/mol. The lowest BCUT2D eigenvalue weighted by molar-refractivity contribution is -0.272. The van der Waals surface area contributed by atoms with Crippen LogP contribution >= 0.6 is 0 Å². The fourth-order valence-corrected chi connectivity index (χ4v) is 3.06. The third kappa shape index (κ3) is 2.60. The van der Waals surface area contributed by atoms with Gasteiger partial charge < -0.3 is 15.2 Å². The lowest BCUT2D eigenvalue weighted by Gasteiger charge is -2.32. The minimum atomic E-state index is -4.79. The molecule has 2 rings (SSSR count). The average Bonchev–Trinajstić information content (AvgIpc) is 2.75. The number of carbonyl (C=O) groups excluding carboxylic acids is 1. The second kappa shape index (κ2) is 5.87. The molecule has 4 atom stereocenters. The van der Waals surface area contributed by atoms with Gasteiger partial charge in [-0.25, -0.2) is 4.39 Å². The highest BCUT2D eigenvalue weighted by molar-refractivity contribution is 5.81. The van der Waals surface area contributed by atoms with E-state index in [9.17, 15) is 26.7 Å². The van der Waals surface area contributed by atoms with Crippen LogP contribution in [-0.4, -0.2) is 30.9 Å². The Bertz CT molecular complexity index is 663. The van der Waals surface area contributed by atoms with E-state index in [2.05, 4.69) is 0 Å². The van der Waals surface area contributed by atoms with Crippen LogP contribution in [0.1, 0.15) is 25.3 Å². The zero-order chi connectivity index (χ0) is 18.4. The first kappa shape index (κ1) is 18.4. The lowest BCUT2D eigenvalue weighted by Crippen LogP contribution is -2.47. The van der Waals surface area contributed by atoms with Gasteiger partial charge in [0.05, 0.1) is 7.11 Å². The van der Waals surface area contributed by atoms with E-state index in [0.717, 1.165) is 26.2 Å². The second-order valence-corrected chi connectivity index (χ2v) is 5.84. The number of carbonyl (C=O) groups is 1. The molecule has 1 saturated heterocycles. The van der Waals surface area contributed by atoms with Crippen molar-refractivity contribution < 1.29 is 36.2 Å². The average molecular weight is 353 g/mol. The van der Waals surface area contributed by atoms with E-state index in [1.54, 1.807) is 0 Å². The summed E-state index contributed by atoms with van der Waals surface area (Å²) in [5.41, 5.74) is 2.39. The minimum absolute atomic E-state index is 0.110. The van der Waals surface area contributed by atoms with Gasteiger partial charge in [-0.3, -0.25) is 4.79 Å². The summed E-state index contributed by atoms with van der Waals surface area (Å²) in [6, 6.07) is 1.82. The van der Waals surface area contributed by atoms with Crippen LogP contribution in [0, 0.1) is 17.6 Å². The number of rotatable bonds is 3. The van der Waals surface area contributed by atoms with Crippen LogP contribution in [0.4, 0.5) is 22.0 Å². The number of primary amides is 1. The molecule has 2 N–H and O–H groups in total. The van der Waals surface area contributed by atoms with Gasteiger partial charge in [0.15, 0.2) is 17.2 Å². The van der Waals surface area contributed by atoms with Crippen molar-refractivity contribution in [2.45, 2.75) is 37.6 Å². The van der Waals surface area contributed by atoms with Crippen molar-refractivity contribution >= 4 is 5.91 Å². The topological polar surface area (TPSA) is 61.5 Å². The molecule has 1 aliphatic rings. The smallest absolute Gasteiger partial charge is 0.417 e. The molecule has 0 spiro atoms. The normalized spacial score (nSPS) is 30.4.